The lowest BCUT2D eigenvalue weighted by Gasteiger charge is -2.41. The molecule has 2 heterocycles. The van der Waals surface area contributed by atoms with Crippen LogP contribution in [0.3, 0.4) is 0 Å². The molecule has 0 bridgehead atoms. The molecule has 4 nitrogen and oxygen atoms in total. The molecule has 0 aromatic heterocycles. The molecule has 0 N–H and O–H groups in total. The van der Waals surface area contributed by atoms with E-state index >= 15 is 0 Å². The third-order valence-electron chi connectivity index (χ3n) is 4.63. The summed E-state index contributed by atoms with van der Waals surface area (Å²) in [6.45, 7) is 0. The Kier molecular flexibility index (Phi) is 3.15. The maximum Gasteiger partial charge on any atom is 0.200 e. The lowest BCUT2D eigenvalue weighted by atomic mass is 9.80. The molecule has 0 saturated carbocycles. The maximum absolute atomic E-state index is 6.28. The van der Waals surface area contributed by atoms with Gasteiger partial charge in [-0.15, -0.1) is 6.42 Å². The summed E-state index contributed by atoms with van der Waals surface area (Å²) >= 11 is 6.28. The predicted molar refractivity (Wildman–Crippen MR) is 90.4 cm³/mol. The summed E-state index contributed by atoms with van der Waals surface area (Å²) in [5.74, 6) is 3.03. The summed E-state index contributed by atoms with van der Waals surface area (Å²) in [7, 11) is 3.66. The van der Waals surface area contributed by atoms with Crippen molar-refractivity contribution in [1.82, 2.24) is 10.1 Å². The van der Waals surface area contributed by atoms with E-state index < -0.39 is 5.54 Å². The van der Waals surface area contributed by atoms with Crippen molar-refractivity contribution in [2.75, 3.05) is 19.2 Å². The van der Waals surface area contributed by atoms with Gasteiger partial charge >= 0.3 is 0 Å². The maximum atomic E-state index is 6.28. The van der Waals surface area contributed by atoms with Crippen molar-refractivity contribution in [2.45, 2.75) is 11.8 Å². The Bertz CT molecular complexity index is 804. The highest BCUT2D eigenvalue weighted by molar-refractivity contribution is 6.30. The van der Waals surface area contributed by atoms with Gasteiger partial charge in [0.15, 0.2) is 0 Å². The van der Waals surface area contributed by atoms with Crippen LogP contribution in [-0.2, 0) is 10.4 Å². The summed E-state index contributed by atoms with van der Waals surface area (Å²) in [4.78, 5) is 7.58. The molecule has 2 aliphatic rings. The molecule has 0 amide bonds. The van der Waals surface area contributed by atoms with E-state index in [1.165, 1.54) is 0 Å². The van der Waals surface area contributed by atoms with E-state index in [1.54, 1.807) is 12.3 Å². The van der Waals surface area contributed by atoms with Gasteiger partial charge in [0, 0.05) is 10.6 Å². The first-order valence-corrected chi connectivity index (χ1v) is 7.71. The molecule has 4 rings (SSSR count). The van der Waals surface area contributed by atoms with E-state index in [4.69, 9.17) is 22.9 Å². The van der Waals surface area contributed by atoms with Gasteiger partial charge in [-0.2, -0.15) is 0 Å². The molecule has 116 valence electrons. The number of rotatable bonds is 2. The number of hydrazine groups is 1. The third-order valence-corrected chi connectivity index (χ3v) is 4.87. The zero-order valence-electron chi connectivity index (χ0n) is 12.9. The van der Waals surface area contributed by atoms with Crippen LogP contribution in [0.25, 0.3) is 0 Å². The Morgan fingerprint density at radius 2 is 1.96 bits per heavy atom. The van der Waals surface area contributed by atoms with Crippen molar-refractivity contribution in [1.29, 1.82) is 0 Å². The molecular formula is C18H16ClN3O. The topological polar surface area (TPSA) is 18.5 Å². The van der Waals surface area contributed by atoms with Crippen LogP contribution >= 0.6 is 11.6 Å². The summed E-state index contributed by atoms with van der Waals surface area (Å²) in [6.07, 6.45) is 6.04. The van der Waals surface area contributed by atoms with Crippen LogP contribution in [0, 0.1) is 12.3 Å². The predicted octanol–water partition coefficient (Wildman–Crippen LogP) is 3.04. The van der Waals surface area contributed by atoms with E-state index in [9.17, 15) is 0 Å². The van der Waals surface area contributed by atoms with Crippen molar-refractivity contribution < 1.29 is 4.84 Å². The Morgan fingerprint density at radius 3 is 2.61 bits per heavy atom. The van der Waals surface area contributed by atoms with Gasteiger partial charge in [-0.3, -0.25) is 4.84 Å². The molecule has 2 aromatic rings. The number of hydrogen-bond acceptors (Lipinski definition) is 4. The fourth-order valence-corrected chi connectivity index (χ4v) is 3.71. The second kappa shape index (κ2) is 4.98. The Hall–Kier alpha value is -2.03. The molecular weight excluding hydrogens is 310 g/mol. The van der Waals surface area contributed by atoms with E-state index in [1.807, 2.05) is 43.4 Å². The Labute approximate surface area is 140 Å². The molecule has 3 atom stereocenters. The first kappa shape index (κ1) is 14.6. The van der Waals surface area contributed by atoms with Crippen LogP contribution in [0.4, 0.5) is 5.69 Å². The van der Waals surface area contributed by atoms with Crippen molar-refractivity contribution in [3.05, 3.63) is 64.7 Å². The quantitative estimate of drug-likeness (QED) is 0.624. The van der Waals surface area contributed by atoms with Crippen molar-refractivity contribution in [3.63, 3.8) is 0 Å². The zero-order valence-corrected chi connectivity index (χ0v) is 13.7. The lowest BCUT2D eigenvalue weighted by molar-refractivity contribution is -0.0652. The molecule has 1 saturated heterocycles. The SMILES string of the molecule is C#CC1(c2ccccc2)c2cc(Cl)ccc2N2C(N2OC)N1C. The molecule has 0 spiro atoms. The minimum Gasteiger partial charge on any atom is -0.279 e. The number of hydroxylamine groups is 1. The van der Waals surface area contributed by atoms with Crippen molar-refractivity contribution in [2.24, 2.45) is 0 Å². The largest absolute Gasteiger partial charge is 0.279 e. The molecule has 2 aromatic carbocycles. The fraction of sp³-hybridized carbons (Fsp3) is 0.222. The van der Waals surface area contributed by atoms with Gasteiger partial charge in [0.25, 0.3) is 0 Å². The van der Waals surface area contributed by atoms with Gasteiger partial charge in [-0.05, 0) is 30.8 Å². The normalized spacial score (nSPS) is 28.7. The van der Waals surface area contributed by atoms with E-state index in [-0.39, 0.29) is 6.29 Å². The van der Waals surface area contributed by atoms with Gasteiger partial charge in [0.1, 0.15) is 5.54 Å². The Balaban J connectivity index is 2.01. The number of nitrogens with zero attached hydrogens (tertiary/aromatic N) is 3. The number of benzene rings is 2. The van der Waals surface area contributed by atoms with Crippen LogP contribution < -0.4 is 5.01 Å². The average molecular weight is 326 g/mol. The van der Waals surface area contributed by atoms with Gasteiger partial charge in [-0.25, -0.2) is 9.91 Å². The molecule has 2 aliphatic heterocycles. The van der Waals surface area contributed by atoms with Crippen LogP contribution in [0.2, 0.25) is 5.02 Å². The van der Waals surface area contributed by atoms with E-state index in [2.05, 4.69) is 28.0 Å². The number of terminal acetylenes is 1. The Morgan fingerprint density at radius 1 is 1.22 bits per heavy atom. The minimum atomic E-state index is -0.698. The first-order valence-electron chi connectivity index (χ1n) is 7.34. The number of fused-ring (bicyclic) bond motifs is 3. The minimum absolute atomic E-state index is 0.0371. The fourth-order valence-electron chi connectivity index (χ4n) is 3.53. The molecule has 23 heavy (non-hydrogen) atoms. The van der Waals surface area contributed by atoms with E-state index in [0.29, 0.717) is 5.02 Å². The second-order valence-corrected chi connectivity index (χ2v) is 6.11. The van der Waals surface area contributed by atoms with Gasteiger partial charge in [0.05, 0.1) is 12.8 Å². The highest BCUT2D eigenvalue weighted by Gasteiger charge is 2.61. The standard InChI is InChI=1S/C18H16ClN3O/c1-4-18(13-8-6-5-7-9-13)15-12-14(19)10-11-16(15)21-17(20(18)2)22(21)23-3/h1,5-12,17H,2-3H3. The van der Waals surface area contributed by atoms with Gasteiger partial charge in [0.2, 0.25) is 6.29 Å². The second-order valence-electron chi connectivity index (χ2n) is 5.67. The zero-order chi connectivity index (χ0) is 16.2. The molecule has 0 aliphatic carbocycles. The third kappa shape index (κ3) is 1.79. The van der Waals surface area contributed by atoms with Crippen LogP contribution in [-0.4, -0.2) is 30.5 Å². The lowest BCUT2D eigenvalue weighted by Crippen LogP contribution is -2.49. The summed E-state index contributed by atoms with van der Waals surface area (Å²) in [5.41, 5.74) is 2.34. The van der Waals surface area contributed by atoms with E-state index in [0.717, 1.165) is 16.8 Å². The summed E-state index contributed by atoms with van der Waals surface area (Å²) < 4.78 is 0. The highest BCUT2D eigenvalue weighted by Crippen LogP contribution is 2.53. The van der Waals surface area contributed by atoms with Gasteiger partial charge in [-0.1, -0.05) is 53.0 Å². The van der Waals surface area contributed by atoms with Gasteiger partial charge < -0.3 is 0 Å². The summed E-state index contributed by atoms with van der Waals surface area (Å²) in [6, 6.07) is 15.9. The highest BCUT2D eigenvalue weighted by atomic mass is 35.5. The average Bonchev–Trinajstić information content (AvgIpc) is 3.31. The van der Waals surface area contributed by atoms with Crippen LogP contribution in [0.15, 0.2) is 48.5 Å². The molecule has 5 heteroatoms. The molecule has 0 radical (unpaired) electrons. The van der Waals surface area contributed by atoms with Crippen molar-refractivity contribution >= 4 is 17.3 Å². The smallest absolute Gasteiger partial charge is 0.200 e. The molecule has 3 unspecified atom stereocenters. The van der Waals surface area contributed by atoms with Crippen LogP contribution in [0.5, 0.6) is 0 Å². The van der Waals surface area contributed by atoms with Crippen molar-refractivity contribution in [3.8, 4) is 12.3 Å². The first-order chi connectivity index (χ1) is 11.1. The number of halogens is 1. The number of hydrogen-bond donors (Lipinski definition) is 0. The van der Waals surface area contributed by atoms with Crippen LogP contribution in [0.1, 0.15) is 11.1 Å². The molecule has 1 fully saturated rings. The monoisotopic (exact) mass is 325 g/mol. The number of anilines is 1. The summed E-state index contributed by atoms with van der Waals surface area (Å²) in [5, 5.41) is 4.52.